The number of carbonyl (C=O) groups is 3. The number of esters is 1. The van der Waals surface area contributed by atoms with Crippen LogP contribution in [-0.2, 0) is 20.7 Å². The van der Waals surface area contributed by atoms with Crippen molar-refractivity contribution in [2.75, 3.05) is 25.5 Å². The van der Waals surface area contributed by atoms with Crippen LogP contribution in [0.25, 0.3) is 0 Å². The number of hydrogen-bond acceptors (Lipinski definition) is 4. The van der Waals surface area contributed by atoms with E-state index in [-0.39, 0.29) is 18.5 Å². The van der Waals surface area contributed by atoms with Crippen LogP contribution in [0.15, 0.2) is 24.3 Å². The summed E-state index contributed by atoms with van der Waals surface area (Å²) < 4.78 is 4.60. The van der Waals surface area contributed by atoms with Crippen LogP contribution < -0.4 is 5.32 Å². The quantitative estimate of drug-likeness (QED) is 0.804. The molecule has 1 fully saturated rings. The molecule has 130 valence electrons. The standard InChI is InChI=1S/C17H22N2O5/c1-24-15(20)9-6-12-4-7-14(8-5-12)18-17(23)19-10-2-3-13(11-19)16(21)22/h4-5,7-8,13H,2-3,6,9-11H2,1H3,(H,18,23)(H,21,22). The predicted molar refractivity (Wildman–Crippen MR) is 87.7 cm³/mol. The van der Waals surface area contributed by atoms with Crippen molar-refractivity contribution in [2.45, 2.75) is 25.7 Å². The van der Waals surface area contributed by atoms with Crippen molar-refractivity contribution < 1.29 is 24.2 Å². The van der Waals surface area contributed by atoms with E-state index in [9.17, 15) is 14.4 Å². The van der Waals surface area contributed by atoms with Gasteiger partial charge in [-0.25, -0.2) is 4.79 Å². The van der Waals surface area contributed by atoms with E-state index in [0.29, 0.717) is 37.9 Å². The summed E-state index contributed by atoms with van der Waals surface area (Å²) in [7, 11) is 1.36. The molecule has 7 heteroatoms. The van der Waals surface area contributed by atoms with E-state index < -0.39 is 11.9 Å². The zero-order chi connectivity index (χ0) is 17.5. The molecule has 0 aliphatic carbocycles. The van der Waals surface area contributed by atoms with Crippen molar-refractivity contribution in [3.05, 3.63) is 29.8 Å². The third-order valence-corrected chi connectivity index (χ3v) is 4.11. The lowest BCUT2D eigenvalue weighted by atomic mass is 9.99. The molecule has 1 atom stereocenters. The molecule has 0 spiro atoms. The van der Waals surface area contributed by atoms with E-state index in [2.05, 4.69) is 10.1 Å². The van der Waals surface area contributed by atoms with Gasteiger partial charge in [0.2, 0.25) is 0 Å². The van der Waals surface area contributed by atoms with Crippen LogP contribution in [0.3, 0.4) is 0 Å². The Bertz CT molecular complexity index is 600. The van der Waals surface area contributed by atoms with Crippen molar-refractivity contribution in [1.82, 2.24) is 4.90 Å². The van der Waals surface area contributed by atoms with E-state index in [4.69, 9.17) is 5.11 Å². The van der Waals surface area contributed by atoms with Gasteiger partial charge in [0.05, 0.1) is 13.0 Å². The van der Waals surface area contributed by atoms with E-state index in [0.717, 1.165) is 5.56 Å². The number of hydrogen-bond donors (Lipinski definition) is 2. The number of nitrogens with one attached hydrogen (secondary N) is 1. The van der Waals surface area contributed by atoms with Crippen LogP contribution >= 0.6 is 0 Å². The Hall–Kier alpha value is -2.57. The molecule has 0 bridgehead atoms. The van der Waals surface area contributed by atoms with Crippen LogP contribution in [0.4, 0.5) is 10.5 Å². The Morgan fingerprint density at radius 3 is 2.62 bits per heavy atom. The normalized spacial score (nSPS) is 17.2. The number of aliphatic carboxylic acids is 1. The molecular weight excluding hydrogens is 312 g/mol. The van der Waals surface area contributed by atoms with Gasteiger partial charge in [0, 0.05) is 25.2 Å². The number of anilines is 1. The Kier molecular flexibility index (Phi) is 6.17. The minimum atomic E-state index is -0.859. The lowest BCUT2D eigenvalue weighted by molar-refractivity contribution is -0.143. The number of carbonyl (C=O) groups excluding carboxylic acids is 2. The van der Waals surface area contributed by atoms with Crippen molar-refractivity contribution in [3.63, 3.8) is 0 Å². The minimum absolute atomic E-state index is 0.235. The van der Waals surface area contributed by atoms with E-state index >= 15 is 0 Å². The summed E-state index contributed by atoms with van der Waals surface area (Å²) in [6.45, 7) is 0.797. The summed E-state index contributed by atoms with van der Waals surface area (Å²) >= 11 is 0. The Morgan fingerprint density at radius 2 is 2.00 bits per heavy atom. The molecule has 1 saturated heterocycles. The molecule has 2 amide bonds. The molecule has 1 unspecified atom stereocenters. The number of benzene rings is 1. The van der Waals surface area contributed by atoms with Gasteiger partial charge < -0.3 is 20.1 Å². The lowest BCUT2D eigenvalue weighted by Crippen LogP contribution is -2.44. The SMILES string of the molecule is COC(=O)CCc1ccc(NC(=O)N2CCCC(C(=O)O)C2)cc1. The van der Waals surface area contributed by atoms with Gasteiger partial charge in [-0.05, 0) is 37.0 Å². The van der Waals surface area contributed by atoms with Crippen LogP contribution in [-0.4, -0.2) is 48.2 Å². The van der Waals surface area contributed by atoms with Crippen molar-refractivity contribution >= 4 is 23.7 Å². The first-order valence-electron chi connectivity index (χ1n) is 7.94. The molecule has 2 rings (SSSR count). The first-order chi connectivity index (χ1) is 11.5. The highest BCUT2D eigenvalue weighted by atomic mass is 16.5. The molecule has 1 aromatic carbocycles. The van der Waals surface area contributed by atoms with Crippen molar-refractivity contribution in [3.8, 4) is 0 Å². The number of rotatable bonds is 5. The fraction of sp³-hybridized carbons (Fsp3) is 0.471. The number of ether oxygens (including phenoxy) is 1. The zero-order valence-electron chi connectivity index (χ0n) is 13.7. The Balaban J connectivity index is 1.87. The second-order valence-corrected chi connectivity index (χ2v) is 5.83. The van der Waals surface area contributed by atoms with E-state index in [1.54, 1.807) is 12.1 Å². The molecule has 0 saturated carbocycles. The number of carboxylic acid groups (broad SMARTS) is 1. The highest BCUT2D eigenvalue weighted by Gasteiger charge is 2.28. The molecule has 1 aliphatic rings. The van der Waals surface area contributed by atoms with Gasteiger partial charge in [-0.2, -0.15) is 0 Å². The molecule has 1 aromatic rings. The topological polar surface area (TPSA) is 95.9 Å². The molecule has 0 radical (unpaired) electrons. The van der Waals surface area contributed by atoms with E-state index in [1.165, 1.54) is 12.0 Å². The molecule has 1 aliphatic heterocycles. The van der Waals surface area contributed by atoms with Gasteiger partial charge in [-0.15, -0.1) is 0 Å². The van der Waals surface area contributed by atoms with Crippen LogP contribution in [0.2, 0.25) is 0 Å². The number of likely N-dealkylation sites (tertiary alicyclic amines) is 1. The van der Waals surface area contributed by atoms with Crippen LogP contribution in [0.1, 0.15) is 24.8 Å². The second kappa shape index (κ2) is 8.33. The fourth-order valence-electron chi connectivity index (χ4n) is 2.67. The smallest absolute Gasteiger partial charge is 0.321 e. The summed E-state index contributed by atoms with van der Waals surface area (Å²) in [4.78, 5) is 35.9. The summed E-state index contributed by atoms with van der Waals surface area (Å²) in [5.74, 6) is -1.61. The van der Waals surface area contributed by atoms with Gasteiger partial charge in [-0.1, -0.05) is 12.1 Å². The second-order valence-electron chi connectivity index (χ2n) is 5.83. The number of methoxy groups -OCH3 is 1. The predicted octanol–water partition coefficient (Wildman–Crippen LogP) is 2.12. The zero-order valence-corrected chi connectivity index (χ0v) is 13.7. The molecule has 24 heavy (non-hydrogen) atoms. The Labute approximate surface area is 140 Å². The van der Waals surface area contributed by atoms with Crippen molar-refractivity contribution in [2.24, 2.45) is 5.92 Å². The van der Waals surface area contributed by atoms with E-state index in [1.807, 2.05) is 12.1 Å². The van der Waals surface area contributed by atoms with Gasteiger partial charge in [0.1, 0.15) is 0 Å². The van der Waals surface area contributed by atoms with Crippen LogP contribution in [0, 0.1) is 5.92 Å². The largest absolute Gasteiger partial charge is 0.481 e. The third-order valence-electron chi connectivity index (χ3n) is 4.11. The first-order valence-corrected chi connectivity index (χ1v) is 7.94. The number of nitrogens with zero attached hydrogens (tertiary/aromatic N) is 1. The van der Waals surface area contributed by atoms with Gasteiger partial charge in [0.25, 0.3) is 0 Å². The molecular formula is C17H22N2O5. The lowest BCUT2D eigenvalue weighted by Gasteiger charge is -2.30. The summed E-state index contributed by atoms with van der Waals surface area (Å²) in [5.41, 5.74) is 1.61. The summed E-state index contributed by atoms with van der Waals surface area (Å²) in [5, 5.41) is 11.9. The monoisotopic (exact) mass is 334 g/mol. The maximum Gasteiger partial charge on any atom is 0.321 e. The number of piperidine rings is 1. The number of carboxylic acids is 1. The maximum absolute atomic E-state index is 12.2. The number of urea groups is 1. The number of aryl methyl sites for hydroxylation is 1. The fourth-order valence-corrected chi connectivity index (χ4v) is 2.67. The van der Waals surface area contributed by atoms with Gasteiger partial charge >= 0.3 is 18.0 Å². The number of amides is 2. The molecule has 7 nitrogen and oxygen atoms in total. The third kappa shape index (κ3) is 4.97. The first kappa shape index (κ1) is 17.8. The Morgan fingerprint density at radius 1 is 1.29 bits per heavy atom. The molecule has 2 N–H and O–H groups in total. The maximum atomic E-state index is 12.2. The summed E-state index contributed by atoms with van der Waals surface area (Å²) in [6.07, 6.45) is 2.19. The van der Waals surface area contributed by atoms with Gasteiger partial charge in [-0.3, -0.25) is 9.59 Å². The summed E-state index contributed by atoms with van der Waals surface area (Å²) in [6, 6.07) is 6.93. The highest BCUT2D eigenvalue weighted by molar-refractivity contribution is 5.89. The van der Waals surface area contributed by atoms with Gasteiger partial charge in [0.15, 0.2) is 0 Å². The average molecular weight is 334 g/mol. The van der Waals surface area contributed by atoms with Crippen LogP contribution in [0.5, 0.6) is 0 Å². The van der Waals surface area contributed by atoms with Crippen molar-refractivity contribution in [1.29, 1.82) is 0 Å². The minimum Gasteiger partial charge on any atom is -0.481 e. The molecule has 1 heterocycles. The highest BCUT2D eigenvalue weighted by Crippen LogP contribution is 2.18. The average Bonchev–Trinajstić information content (AvgIpc) is 2.60. The molecule has 0 aromatic heterocycles.